The average Bonchev–Trinajstić information content (AvgIpc) is 2.31. The van der Waals surface area contributed by atoms with Crippen molar-refractivity contribution in [2.45, 2.75) is 26.7 Å². The largest absolute Gasteiger partial charge is 0.493 e. The molecule has 2 rings (SSSR count). The van der Waals surface area contributed by atoms with Crippen molar-refractivity contribution in [2.24, 2.45) is 0 Å². The van der Waals surface area contributed by atoms with Crippen molar-refractivity contribution in [1.29, 1.82) is 0 Å². The molecule has 84 valence electrons. The van der Waals surface area contributed by atoms with Crippen molar-refractivity contribution in [2.75, 3.05) is 6.61 Å². The van der Waals surface area contributed by atoms with Gasteiger partial charge in [-0.25, -0.2) is 0 Å². The van der Waals surface area contributed by atoms with Gasteiger partial charge in [-0.05, 0) is 30.4 Å². The summed E-state index contributed by atoms with van der Waals surface area (Å²) in [5.41, 5.74) is 1.30. The molecule has 1 heteroatoms. The number of benzene rings is 2. The van der Waals surface area contributed by atoms with Crippen LogP contribution in [0.5, 0.6) is 5.75 Å². The number of hydrogen-bond donors (Lipinski definition) is 0. The molecule has 0 atom stereocenters. The van der Waals surface area contributed by atoms with Gasteiger partial charge in [-0.3, -0.25) is 0 Å². The van der Waals surface area contributed by atoms with E-state index in [9.17, 15) is 0 Å². The molecule has 0 fully saturated rings. The highest BCUT2D eigenvalue weighted by molar-refractivity contribution is 5.90. The van der Waals surface area contributed by atoms with Crippen LogP contribution in [0.25, 0.3) is 10.8 Å². The Hall–Kier alpha value is -1.50. The van der Waals surface area contributed by atoms with Crippen molar-refractivity contribution >= 4 is 10.8 Å². The molecule has 0 radical (unpaired) electrons. The zero-order valence-corrected chi connectivity index (χ0v) is 9.99. The van der Waals surface area contributed by atoms with Crippen LogP contribution in [0, 0.1) is 6.92 Å². The highest BCUT2D eigenvalue weighted by atomic mass is 16.5. The van der Waals surface area contributed by atoms with Crippen molar-refractivity contribution in [1.82, 2.24) is 0 Å². The molecule has 0 unspecified atom stereocenters. The monoisotopic (exact) mass is 214 g/mol. The number of fused-ring (bicyclic) bond motifs is 1. The first-order valence-electron chi connectivity index (χ1n) is 5.94. The Bertz CT molecular complexity index is 474. The predicted molar refractivity (Wildman–Crippen MR) is 69.1 cm³/mol. The summed E-state index contributed by atoms with van der Waals surface area (Å²) in [6.07, 6.45) is 2.28. The molecule has 0 aromatic heterocycles. The first-order valence-corrected chi connectivity index (χ1v) is 5.94. The highest BCUT2D eigenvalue weighted by Crippen LogP contribution is 2.27. The zero-order chi connectivity index (χ0) is 11.4. The van der Waals surface area contributed by atoms with Gasteiger partial charge >= 0.3 is 0 Å². The SMILES string of the molecule is CCCCOc1cccc2c(C)cccc12. The number of aryl methyl sites for hydroxylation is 1. The molecule has 0 aliphatic heterocycles. The lowest BCUT2D eigenvalue weighted by atomic mass is 10.1. The maximum Gasteiger partial charge on any atom is 0.127 e. The molecule has 16 heavy (non-hydrogen) atoms. The van der Waals surface area contributed by atoms with Gasteiger partial charge in [-0.15, -0.1) is 0 Å². The number of rotatable bonds is 4. The topological polar surface area (TPSA) is 9.23 Å². The maximum atomic E-state index is 5.81. The van der Waals surface area contributed by atoms with E-state index in [2.05, 4.69) is 50.2 Å². The van der Waals surface area contributed by atoms with Crippen LogP contribution in [0.3, 0.4) is 0 Å². The van der Waals surface area contributed by atoms with Crippen LogP contribution in [0.15, 0.2) is 36.4 Å². The highest BCUT2D eigenvalue weighted by Gasteiger charge is 2.02. The average molecular weight is 214 g/mol. The summed E-state index contributed by atoms with van der Waals surface area (Å²) in [6, 6.07) is 12.6. The van der Waals surface area contributed by atoms with Gasteiger partial charge in [0.15, 0.2) is 0 Å². The maximum absolute atomic E-state index is 5.81. The smallest absolute Gasteiger partial charge is 0.127 e. The molecule has 0 heterocycles. The Balaban J connectivity index is 2.34. The second-order valence-electron chi connectivity index (χ2n) is 4.13. The van der Waals surface area contributed by atoms with Gasteiger partial charge in [0.2, 0.25) is 0 Å². The lowest BCUT2D eigenvalue weighted by Gasteiger charge is -2.09. The van der Waals surface area contributed by atoms with Crippen molar-refractivity contribution < 1.29 is 4.74 Å². The molecule has 0 N–H and O–H groups in total. The van der Waals surface area contributed by atoms with Crippen LogP contribution in [0.2, 0.25) is 0 Å². The Morgan fingerprint density at radius 2 is 1.75 bits per heavy atom. The van der Waals surface area contributed by atoms with Crippen molar-refractivity contribution in [3.8, 4) is 5.75 Å². The van der Waals surface area contributed by atoms with E-state index in [1.165, 1.54) is 22.8 Å². The van der Waals surface area contributed by atoms with E-state index in [0.29, 0.717) is 0 Å². The quantitative estimate of drug-likeness (QED) is 0.688. The van der Waals surface area contributed by atoms with Crippen molar-refractivity contribution in [3.05, 3.63) is 42.0 Å². The Kier molecular flexibility index (Phi) is 3.45. The summed E-state index contributed by atoms with van der Waals surface area (Å²) >= 11 is 0. The second kappa shape index (κ2) is 5.02. The van der Waals surface area contributed by atoms with Gasteiger partial charge in [0, 0.05) is 5.39 Å². The lowest BCUT2D eigenvalue weighted by molar-refractivity contribution is 0.313. The molecule has 0 amide bonds. The molecule has 2 aromatic carbocycles. The van der Waals surface area contributed by atoms with Crippen LogP contribution in [-0.4, -0.2) is 6.61 Å². The van der Waals surface area contributed by atoms with E-state index in [0.717, 1.165) is 18.8 Å². The summed E-state index contributed by atoms with van der Waals surface area (Å²) < 4.78 is 5.81. The van der Waals surface area contributed by atoms with Gasteiger partial charge in [-0.1, -0.05) is 43.7 Å². The van der Waals surface area contributed by atoms with Crippen LogP contribution in [0.4, 0.5) is 0 Å². The van der Waals surface area contributed by atoms with Gasteiger partial charge in [0.05, 0.1) is 6.61 Å². The molecule has 1 nitrogen and oxygen atoms in total. The van der Waals surface area contributed by atoms with E-state index in [1.54, 1.807) is 0 Å². The fraction of sp³-hybridized carbons (Fsp3) is 0.333. The second-order valence-corrected chi connectivity index (χ2v) is 4.13. The molecule has 0 spiro atoms. The first-order chi connectivity index (χ1) is 7.83. The van der Waals surface area contributed by atoms with E-state index >= 15 is 0 Å². The van der Waals surface area contributed by atoms with Gasteiger partial charge in [0.1, 0.15) is 5.75 Å². The van der Waals surface area contributed by atoms with E-state index in [1.807, 2.05) is 0 Å². The standard InChI is InChI=1S/C15H18O/c1-3-4-11-16-15-10-6-8-13-12(2)7-5-9-14(13)15/h5-10H,3-4,11H2,1-2H3. The summed E-state index contributed by atoms with van der Waals surface area (Å²) in [5.74, 6) is 1.01. The summed E-state index contributed by atoms with van der Waals surface area (Å²) in [5, 5.41) is 2.51. The third-order valence-electron chi connectivity index (χ3n) is 2.86. The molecule has 0 saturated carbocycles. The van der Waals surface area contributed by atoms with E-state index in [4.69, 9.17) is 4.74 Å². The minimum atomic E-state index is 0.809. The van der Waals surface area contributed by atoms with Gasteiger partial charge < -0.3 is 4.74 Å². The third kappa shape index (κ3) is 2.19. The summed E-state index contributed by atoms with van der Waals surface area (Å²) in [6.45, 7) is 5.12. The van der Waals surface area contributed by atoms with Gasteiger partial charge in [0.25, 0.3) is 0 Å². The summed E-state index contributed by atoms with van der Waals surface area (Å²) in [7, 11) is 0. The van der Waals surface area contributed by atoms with E-state index < -0.39 is 0 Å². The number of ether oxygens (including phenoxy) is 1. The first kappa shape index (κ1) is 11.0. The molecular weight excluding hydrogens is 196 g/mol. The van der Waals surface area contributed by atoms with Crippen molar-refractivity contribution in [3.63, 3.8) is 0 Å². The third-order valence-corrected chi connectivity index (χ3v) is 2.86. The normalized spacial score (nSPS) is 10.6. The number of unbranched alkanes of at least 4 members (excludes halogenated alkanes) is 1. The molecule has 0 saturated heterocycles. The fourth-order valence-electron chi connectivity index (χ4n) is 1.89. The van der Waals surface area contributed by atoms with Crippen LogP contribution < -0.4 is 4.74 Å². The van der Waals surface area contributed by atoms with Crippen LogP contribution in [-0.2, 0) is 0 Å². The van der Waals surface area contributed by atoms with E-state index in [-0.39, 0.29) is 0 Å². The molecule has 0 bridgehead atoms. The lowest BCUT2D eigenvalue weighted by Crippen LogP contribution is -1.97. The number of hydrogen-bond acceptors (Lipinski definition) is 1. The zero-order valence-electron chi connectivity index (χ0n) is 9.99. The van der Waals surface area contributed by atoms with Crippen LogP contribution >= 0.6 is 0 Å². The van der Waals surface area contributed by atoms with Crippen LogP contribution in [0.1, 0.15) is 25.3 Å². The summed E-state index contributed by atoms with van der Waals surface area (Å²) in [4.78, 5) is 0. The Morgan fingerprint density at radius 3 is 2.56 bits per heavy atom. The predicted octanol–water partition coefficient (Wildman–Crippen LogP) is 4.33. The Morgan fingerprint density at radius 1 is 1.00 bits per heavy atom. The molecule has 0 aliphatic rings. The fourth-order valence-corrected chi connectivity index (χ4v) is 1.89. The molecular formula is C15H18O. The Labute approximate surface area is 97.1 Å². The molecule has 0 aliphatic carbocycles. The van der Waals surface area contributed by atoms with Gasteiger partial charge in [-0.2, -0.15) is 0 Å². The molecule has 2 aromatic rings. The minimum absolute atomic E-state index is 0.809. The minimum Gasteiger partial charge on any atom is -0.493 e.